The van der Waals surface area contributed by atoms with Gasteiger partial charge in [-0.05, 0) is 6.92 Å². The molecule has 2 N–H and O–H groups in total. The molecule has 2 nitrogen and oxygen atoms in total. The predicted molar refractivity (Wildman–Crippen MR) is 42.3 cm³/mol. The van der Waals surface area contributed by atoms with Crippen molar-refractivity contribution in [3.05, 3.63) is 36.5 Å². The van der Waals surface area contributed by atoms with Crippen molar-refractivity contribution in [2.45, 2.75) is 6.92 Å². The molecule has 0 spiro atoms. The van der Waals surface area contributed by atoms with Gasteiger partial charge in [-0.1, -0.05) is 30.9 Å². The topological polar surface area (TPSA) is 43.1 Å². The van der Waals surface area contributed by atoms with Gasteiger partial charge in [0.25, 0.3) is 0 Å². The standard InChI is InChI=1S/C8H11NO/c1-3-4-5-6-7(2)8(9)10/h3-6H,1H2,2H3,(H2,9,10). The highest BCUT2D eigenvalue weighted by atomic mass is 16.1. The molecule has 0 aliphatic heterocycles. The lowest BCUT2D eigenvalue weighted by Crippen LogP contribution is -2.11. The lowest BCUT2D eigenvalue weighted by Gasteiger charge is -1.87. The zero-order valence-corrected chi connectivity index (χ0v) is 6.00. The summed E-state index contributed by atoms with van der Waals surface area (Å²) in [4.78, 5) is 10.4. The highest BCUT2D eigenvalue weighted by molar-refractivity contribution is 5.91. The van der Waals surface area contributed by atoms with Gasteiger partial charge in [-0.15, -0.1) is 0 Å². The zero-order valence-electron chi connectivity index (χ0n) is 6.00. The quantitative estimate of drug-likeness (QED) is 0.460. The number of amides is 1. The molecular weight excluding hydrogens is 126 g/mol. The Morgan fingerprint density at radius 1 is 1.50 bits per heavy atom. The molecule has 0 heterocycles. The maximum Gasteiger partial charge on any atom is 0.244 e. The molecule has 1 amide bonds. The van der Waals surface area contributed by atoms with Crippen LogP contribution in [0.3, 0.4) is 0 Å². The van der Waals surface area contributed by atoms with Crippen LogP contribution in [0.1, 0.15) is 6.92 Å². The molecule has 0 fully saturated rings. The first-order valence-corrected chi connectivity index (χ1v) is 2.94. The fraction of sp³-hybridized carbons (Fsp3) is 0.125. The minimum Gasteiger partial charge on any atom is -0.366 e. The SMILES string of the molecule is C=CC=CC=C(C)C(N)=O. The maximum atomic E-state index is 10.4. The number of primary amides is 1. The number of carbonyl (C=O) groups excluding carboxylic acids is 1. The van der Waals surface area contributed by atoms with Crippen LogP contribution >= 0.6 is 0 Å². The fourth-order valence-corrected chi connectivity index (χ4v) is 0.361. The van der Waals surface area contributed by atoms with E-state index < -0.39 is 5.91 Å². The van der Waals surface area contributed by atoms with Crippen LogP contribution in [0.4, 0.5) is 0 Å². The third-order valence-corrected chi connectivity index (χ3v) is 0.982. The van der Waals surface area contributed by atoms with Gasteiger partial charge in [0.05, 0.1) is 0 Å². The molecule has 0 aliphatic carbocycles. The summed E-state index contributed by atoms with van der Waals surface area (Å²) in [6.07, 6.45) is 6.72. The third kappa shape index (κ3) is 3.66. The summed E-state index contributed by atoms with van der Waals surface area (Å²) in [6, 6.07) is 0. The van der Waals surface area contributed by atoms with Crippen LogP contribution in [0.25, 0.3) is 0 Å². The number of carbonyl (C=O) groups is 1. The molecule has 0 saturated carbocycles. The second kappa shape index (κ2) is 4.56. The summed E-state index contributed by atoms with van der Waals surface area (Å²) < 4.78 is 0. The van der Waals surface area contributed by atoms with Crippen molar-refractivity contribution in [1.29, 1.82) is 0 Å². The maximum absolute atomic E-state index is 10.4. The van der Waals surface area contributed by atoms with Crippen molar-refractivity contribution in [3.8, 4) is 0 Å². The molecule has 0 atom stereocenters. The van der Waals surface area contributed by atoms with Crippen molar-refractivity contribution in [2.24, 2.45) is 5.73 Å². The van der Waals surface area contributed by atoms with Crippen LogP contribution in [0.15, 0.2) is 36.5 Å². The minimum atomic E-state index is -0.395. The Morgan fingerprint density at radius 3 is 2.50 bits per heavy atom. The Morgan fingerprint density at radius 2 is 2.10 bits per heavy atom. The summed E-state index contributed by atoms with van der Waals surface area (Å²) in [6.45, 7) is 5.13. The molecule has 0 aromatic rings. The summed E-state index contributed by atoms with van der Waals surface area (Å²) in [7, 11) is 0. The van der Waals surface area contributed by atoms with E-state index in [1.807, 2.05) is 0 Å². The molecule has 54 valence electrons. The van der Waals surface area contributed by atoms with E-state index in [2.05, 4.69) is 6.58 Å². The summed E-state index contributed by atoms with van der Waals surface area (Å²) in [5, 5.41) is 0. The van der Waals surface area contributed by atoms with E-state index in [1.165, 1.54) is 0 Å². The summed E-state index contributed by atoms with van der Waals surface area (Å²) in [5.41, 5.74) is 5.49. The first-order chi connectivity index (χ1) is 4.68. The Labute approximate surface area is 60.7 Å². The van der Waals surface area contributed by atoms with E-state index in [-0.39, 0.29) is 0 Å². The van der Waals surface area contributed by atoms with Crippen LogP contribution in [0.5, 0.6) is 0 Å². The summed E-state index contributed by atoms with van der Waals surface area (Å²) >= 11 is 0. The van der Waals surface area contributed by atoms with Gasteiger partial charge in [0.15, 0.2) is 0 Å². The van der Waals surface area contributed by atoms with Gasteiger partial charge in [0, 0.05) is 5.57 Å². The highest BCUT2D eigenvalue weighted by Crippen LogP contribution is 1.90. The van der Waals surface area contributed by atoms with E-state index in [1.54, 1.807) is 31.2 Å². The van der Waals surface area contributed by atoms with E-state index in [0.29, 0.717) is 5.57 Å². The van der Waals surface area contributed by atoms with Crippen molar-refractivity contribution < 1.29 is 4.79 Å². The fourth-order valence-electron chi connectivity index (χ4n) is 0.361. The lowest BCUT2D eigenvalue weighted by atomic mass is 10.2. The van der Waals surface area contributed by atoms with E-state index >= 15 is 0 Å². The van der Waals surface area contributed by atoms with Gasteiger partial charge in [0.2, 0.25) is 5.91 Å². The number of rotatable bonds is 3. The van der Waals surface area contributed by atoms with E-state index in [9.17, 15) is 4.79 Å². The van der Waals surface area contributed by atoms with Gasteiger partial charge >= 0.3 is 0 Å². The van der Waals surface area contributed by atoms with Crippen LogP contribution in [-0.4, -0.2) is 5.91 Å². The Kier molecular flexibility index (Phi) is 3.96. The lowest BCUT2D eigenvalue weighted by molar-refractivity contribution is -0.114. The molecule has 0 bridgehead atoms. The molecule has 0 aromatic heterocycles. The smallest absolute Gasteiger partial charge is 0.244 e. The molecule has 2 heteroatoms. The number of nitrogens with two attached hydrogens (primary N) is 1. The largest absolute Gasteiger partial charge is 0.366 e. The summed E-state index contributed by atoms with van der Waals surface area (Å²) in [5.74, 6) is -0.395. The highest BCUT2D eigenvalue weighted by Gasteiger charge is 1.91. The Balaban J connectivity index is 4.04. The Bertz CT molecular complexity index is 189. The van der Waals surface area contributed by atoms with E-state index in [4.69, 9.17) is 5.73 Å². The molecule has 0 aliphatic rings. The van der Waals surface area contributed by atoms with Crippen LogP contribution in [0, 0.1) is 0 Å². The van der Waals surface area contributed by atoms with Gasteiger partial charge in [0.1, 0.15) is 0 Å². The van der Waals surface area contributed by atoms with Gasteiger partial charge in [-0.2, -0.15) is 0 Å². The van der Waals surface area contributed by atoms with Crippen molar-refractivity contribution >= 4 is 5.91 Å². The predicted octanol–water partition coefficient (Wildman–Crippen LogP) is 1.16. The average molecular weight is 137 g/mol. The van der Waals surface area contributed by atoms with E-state index in [0.717, 1.165) is 0 Å². The molecule has 0 aromatic carbocycles. The molecule has 0 rings (SSSR count). The van der Waals surface area contributed by atoms with Gasteiger partial charge in [-0.25, -0.2) is 0 Å². The van der Waals surface area contributed by atoms with Crippen LogP contribution in [0.2, 0.25) is 0 Å². The normalized spacial score (nSPS) is 11.9. The molecular formula is C8H11NO. The zero-order chi connectivity index (χ0) is 7.98. The van der Waals surface area contributed by atoms with Gasteiger partial charge < -0.3 is 5.73 Å². The van der Waals surface area contributed by atoms with Crippen LogP contribution < -0.4 is 5.73 Å². The molecule has 0 unspecified atom stereocenters. The van der Waals surface area contributed by atoms with Crippen molar-refractivity contribution in [2.75, 3.05) is 0 Å². The average Bonchev–Trinajstić information content (AvgIpc) is 1.88. The first-order valence-electron chi connectivity index (χ1n) is 2.94. The van der Waals surface area contributed by atoms with Crippen molar-refractivity contribution in [1.82, 2.24) is 0 Å². The number of allylic oxidation sites excluding steroid dienone is 4. The monoisotopic (exact) mass is 137 g/mol. The third-order valence-electron chi connectivity index (χ3n) is 0.982. The van der Waals surface area contributed by atoms with Gasteiger partial charge in [-0.3, -0.25) is 4.79 Å². The minimum absolute atomic E-state index is 0.395. The molecule has 0 radical (unpaired) electrons. The van der Waals surface area contributed by atoms with Crippen molar-refractivity contribution in [3.63, 3.8) is 0 Å². The number of hydrogen-bond donors (Lipinski definition) is 1. The molecule has 0 saturated heterocycles. The first kappa shape index (κ1) is 8.69. The Hall–Kier alpha value is -1.31. The number of hydrogen-bond acceptors (Lipinski definition) is 1. The van der Waals surface area contributed by atoms with Crippen LogP contribution in [-0.2, 0) is 4.79 Å². The second-order valence-corrected chi connectivity index (χ2v) is 1.83. The second-order valence-electron chi connectivity index (χ2n) is 1.83. The molecule has 10 heavy (non-hydrogen) atoms.